The summed E-state index contributed by atoms with van der Waals surface area (Å²) in [7, 11) is 1.78. The molecule has 0 spiro atoms. The Labute approximate surface area is 162 Å². The monoisotopic (exact) mass is 378 g/mol. The summed E-state index contributed by atoms with van der Waals surface area (Å²) in [6.07, 6.45) is 0.124. The van der Waals surface area contributed by atoms with Crippen molar-refractivity contribution in [2.75, 3.05) is 10.6 Å². The minimum Gasteiger partial charge on any atom is -0.326 e. The molecular weight excluding hydrogens is 356 g/mol. The van der Waals surface area contributed by atoms with E-state index in [9.17, 15) is 14.4 Å². The highest BCUT2D eigenvalue weighted by atomic mass is 16.2. The zero-order chi connectivity index (χ0) is 20.3. The van der Waals surface area contributed by atoms with Crippen LogP contribution in [0.3, 0.4) is 0 Å². The molecule has 144 valence electrons. The number of nitrogens with zero attached hydrogens (tertiary/aromatic N) is 2. The van der Waals surface area contributed by atoms with Crippen molar-refractivity contribution in [1.29, 1.82) is 0 Å². The number of rotatable bonds is 5. The number of benzene rings is 2. The van der Waals surface area contributed by atoms with Crippen LogP contribution in [0.1, 0.15) is 18.2 Å². The van der Waals surface area contributed by atoms with E-state index in [1.165, 1.54) is 11.6 Å². The zero-order valence-electron chi connectivity index (χ0n) is 16.0. The van der Waals surface area contributed by atoms with Crippen LogP contribution >= 0.6 is 0 Å². The van der Waals surface area contributed by atoms with Gasteiger partial charge in [0.1, 0.15) is 5.69 Å². The van der Waals surface area contributed by atoms with Gasteiger partial charge in [0.2, 0.25) is 11.8 Å². The lowest BCUT2D eigenvalue weighted by Crippen LogP contribution is -2.23. The third-order valence-electron chi connectivity index (χ3n) is 4.46. The smallest absolute Gasteiger partial charge is 0.295 e. The van der Waals surface area contributed by atoms with Crippen LogP contribution in [0.4, 0.5) is 11.4 Å². The highest BCUT2D eigenvalue weighted by Gasteiger charge is 2.18. The summed E-state index contributed by atoms with van der Waals surface area (Å²) in [6, 6.07) is 16.3. The van der Waals surface area contributed by atoms with Gasteiger partial charge in [-0.05, 0) is 36.8 Å². The number of hydrogen-bond donors (Lipinski definition) is 2. The molecule has 0 saturated heterocycles. The average Bonchev–Trinajstić information content (AvgIpc) is 2.87. The van der Waals surface area contributed by atoms with Crippen molar-refractivity contribution in [3.63, 3.8) is 0 Å². The lowest BCUT2D eigenvalue weighted by Gasteiger charge is -2.07. The molecule has 28 heavy (non-hydrogen) atoms. The van der Waals surface area contributed by atoms with Crippen molar-refractivity contribution >= 4 is 23.2 Å². The van der Waals surface area contributed by atoms with Gasteiger partial charge in [-0.1, -0.05) is 30.3 Å². The predicted molar refractivity (Wildman–Crippen MR) is 109 cm³/mol. The van der Waals surface area contributed by atoms with Crippen LogP contribution in [0.15, 0.2) is 59.4 Å². The van der Waals surface area contributed by atoms with E-state index in [4.69, 9.17) is 0 Å². The van der Waals surface area contributed by atoms with E-state index >= 15 is 0 Å². The fraction of sp³-hybridized carbons (Fsp3) is 0.190. The Morgan fingerprint density at radius 2 is 1.61 bits per heavy atom. The van der Waals surface area contributed by atoms with Crippen LogP contribution in [-0.4, -0.2) is 21.2 Å². The van der Waals surface area contributed by atoms with E-state index in [0.717, 1.165) is 11.3 Å². The molecule has 0 saturated carbocycles. The summed E-state index contributed by atoms with van der Waals surface area (Å²) in [5, 5.41) is 5.42. The van der Waals surface area contributed by atoms with Gasteiger partial charge in [0.15, 0.2) is 0 Å². The number of hydrogen-bond acceptors (Lipinski definition) is 3. The first-order valence-corrected chi connectivity index (χ1v) is 8.87. The third kappa shape index (κ3) is 4.03. The SMILES string of the molecule is CC(=O)Nc1ccc(CC(=O)Nc2c(C)n(C)n(-c3ccccc3)c2=O)cc1. The molecule has 3 aromatic rings. The van der Waals surface area contributed by atoms with Crippen molar-refractivity contribution in [2.24, 2.45) is 7.05 Å². The quantitative estimate of drug-likeness (QED) is 0.716. The molecule has 3 rings (SSSR count). The van der Waals surface area contributed by atoms with Crippen molar-refractivity contribution < 1.29 is 9.59 Å². The number of nitrogens with one attached hydrogen (secondary N) is 2. The molecule has 0 fully saturated rings. The summed E-state index contributed by atoms with van der Waals surface area (Å²) >= 11 is 0. The van der Waals surface area contributed by atoms with Gasteiger partial charge in [-0.15, -0.1) is 0 Å². The fourth-order valence-corrected chi connectivity index (χ4v) is 2.99. The molecule has 0 radical (unpaired) electrons. The first-order chi connectivity index (χ1) is 13.4. The molecular formula is C21H22N4O3. The van der Waals surface area contributed by atoms with Gasteiger partial charge in [-0.3, -0.25) is 19.1 Å². The molecule has 0 atom stereocenters. The second-order valence-corrected chi connectivity index (χ2v) is 6.54. The summed E-state index contributed by atoms with van der Waals surface area (Å²) < 4.78 is 3.24. The second-order valence-electron chi connectivity index (χ2n) is 6.54. The topological polar surface area (TPSA) is 85.1 Å². The molecule has 2 N–H and O–H groups in total. The minimum atomic E-state index is -0.279. The predicted octanol–water partition coefficient (Wildman–Crippen LogP) is 2.62. The number of anilines is 2. The summed E-state index contributed by atoms with van der Waals surface area (Å²) in [5.41, 5.74) is 2.84. The lowest BCUT2D eigenvalue weighted by atomic mass is 10.1. The normalized spacial score (nSPS) is 10.5. The Balaban J connectivity index is 1.78. The Kier molecular flexibility index (Phi) is 5.44. The van der Waals surface area contributed by atoms with Gasteiger partial charge in [0.25, 0.3) is 5.56 Å². The summed E-state index contributed by atoms with van der Waals surface area (Å²) in [4.78, 5) is 36.4. The molecule has 0 unspecified atom stereocenters. The van der Waals surface area contributed by atoms with Crippen LogP contribution in [0, 0.1) is 6.92 Å². The van der Waals surface area contributed by atoms with Crippen molar-refractivity contribution in [1.82, 2.24) is 9.36 Å². The van der Waals surface area contributed by atoms with E-state index < -0.39 is 0 Å². The number of amides is 2. The van der Waals surface area contributed by atoms with Crippen molar-refractivity contribution in [3.05, 3.63) is 76.2 Å². The van der Waals surface area contributed by atoms with Gasteiger partial charge < -0.3 is 10.6 Å². The molecule has 1 heterocycles. The molecule has 0 aliphatic carbocycles. The van der Waals surface area contributed by atoms with E-state index in [0.29, 0.717) is 11.4 Å². The molecule has 2 amide bonds. The Hall–Kier alpha value is -3.61. The van der Waals surface area contributed by atoms with Crippen LogP contribution in [0.5, 0.6) is 0 Å². The molecule has 1 aromatic heterocycles. The fourth-order valence-electron chi connectivity index (χ4n) is 2.99. The van der Waals surface area contributed by atoms with Crippen LogP contribution in [0.2, 0.25) is 0 Å². The molecule has 0 aliphatic rings. The van der Waals surface area contributed by atoms with E-state index in [-0.39, 0.29) is 29.5 Å². The number of para-hydroxylation sites is 1. The van der Waals surface area contributed by atoms with Crippen molar-refractivity contribution in [3.8, 4) is 5.69 Å². The number of aromatic nitrogens is 2. The molecule has 7 nitrogen and oxygen atoms in total. The first kappa shape index (κ1) is 19.2. The zero-order valence-corrected chi connectivity index (χ0v) is 16.0. The molecule has 2 aromatic carbocycles. The lowest BCUT2D eigenvalue weighted by molar-refractivity contribution is -0.116. The number of carbonyl (C=O) groups excluding carboxylic acids is 2. The van der Waals surface area contributed by atoms with Gasteiger partial charge in [-0.2, -0.15) is 0 Å². The summed E-state index contributed by atoms with van der Waals surface area (Å²) in [6.45, 7) is 3.23. The maximum Gasteiger partial charge on any atom is 0.295 e. The molecule has 0 bridgehead atoms. The third-order valence-corrected chi connectivity index (χ3v) is 4.46. The minimum absolute atomic E-state index is 0.124. The van der Waals surface area contributed by atoms with E-state index in [2.05, 4.69) is 10.6 Å². The average molecular weight is 378 g/mol. The van der Waals surface area contributed by atoms with Crippen LogP contribution in [0.25, 0.3) is 5.69 Å². The highest BCUT2D eigenvalue weighted by Crippen LogP contribution is 2.15. The van der Waals surface area contributed by atoms with Gasteiger partial charge in [0.05, 0.1) is 17.8 Å². The Morgan fingerprint density at radius 3 is 2.21 bits per heavy atom. The van der Waals surface area contributed by atoms with Crippen LogP contribution in [-0.2, 0) is 23.1 Å². The maximum atomic E-state index is 12.8. The standard InChI is InChI=1S/C21H22N4O3/c1-14-20(21(28)25(24(14)3)18-7-5-4-6-8-18)23-19(27)13-16-9-11-17(12-10-16)22-15(2)26/h4-12H,13H2,1-3H3,(H,22,26)(H,23,27). The first-order valence-electron chi connectivity index (χ1n) is 8.87. The van der Waals surface area contributed by atoms with Gasteiger partial charge >= 0.3 is 0 Å². The highest BCUT2D eigenvalue weighted by molar-refractivity contribution is 5.93. The van der Waals surface area contributed by atoms with Crippen molar-refractivity contribution in [2.45, 2.75) is 20.3 Å². The van der Waals surface area contributed by atoms with Crippen LogP contribution < -0.4 is 16.2 Å². The number of carbonyl (C=O) groups is 2. The van der Waals surface area contributed by atoms with Gasteiger partial charge in [-0.25, -0.2) is 4.68 Å². The Bertz CT molecular complexity index is 1060. The van der Waals surface area contributed by atoms with E-state index in [1.807, 2.05) is 30.3 Å². The molecule has 0 aliphatic heterocycles. The maximum absolute atomic E-state index is 12.8. The van der Waals surface area contributed by atoms with Gasteiger partial charge in [0, 0.05) is 19.7 Å². The second kappa shape index (κ2) is 7.96. The summed E-state index contributed by atoms with van der Waals surface area (Å²) in [5.74, 6) is -0.432. The van der Waals surface area contributed by atoms with E-state index in [1.54, 1.807) is 42.9 Å². The molecule has 7 heteroatoms. The largest absolute Gasteiger partial charge is 0.326 e. The Morgan fingerprint density at radius 1 is 0.964 bits per heavy atom.